The fraction of sp³-hybridized carbons (Fsp3) is 0.154. The van der Waals surface area contributed by atoms with Gasteiger partial charge in [-0.25, -0.2) is 9.97 Å². The molecule has 1 aromatic carbocycles. The quantitative estimate of drug-likeness (QED) is 0.575. The molecule has 8 heteroatoms. The molecule has 0 aliphatic carbocycles. The molecule has 0 fully saturated rings. The topological polar surface area (TPSA) is 64.1 Å². The highest BCUT2D eigenvalue weighted by atomic mass is 79.9. The van der Waals surface area contributed by atoms with Crippen LogP contribution in [0.1, 0.15) is 0 Å². The number of carbonyl (C=O) groups is 1. The van der Waals surface area contributed by atoms with Gasteiger partial charge in [-0.2, -0.15) is 0 Å². The van der Waals surface area contributed by atoms with Crippen LogP contribution in [-0.4, -0.2) is 28.7 Å². The minimum atomic E-state index is -0.140. The molecule has 0 aliphatic heterocycles. The Morgan fingerprint density at radius 2 is 1.90 bits per heavy atom. The summed E-state index contributed by atoms with van der Waals surface area (Å²) in [5.41, 5.74) is 0.662. The van der Waals surface area contributed by atoms with Gasteiger partial charge in [-0.1, -0.05) is 11.8 Å². The van der Waals surface area contributed by atoms with Crippen LogP contribution in [0.2, 0.25) is 0 Å². The van der Waals surface area contributed by atoms with E-state index in [4.69, 9.17) is 4.74 Å². The molecule has 110 valence electrons. The van der Waals surface area contributed by atoms with Crippen LogP contribution in [-0.2, 0) is 4.79 Å². The largest absolute Gasteiger partial charge is 0.497 e. The zero-order valence-corrected chi connectivity index (χ0v) is 15.0. The van der Waals surface area contributed by atoms with Crippen molar-refractivity contribution < 1.29 is 9.53 Å². The molecule has 2 rings (SSSR count). The molecule has 1 heterocycles. The lowest BCUT2D eigenvalue weighted by Gasteiger charge is -2.11. The molecule has 1 N–H and O–H groups in total. The lowest BCUT2D eigenvalue weighted by atomic mass is 10.3. The van der Waals surface area contributed by atoms with E-state index in [9.17, 15) is 4.79 Å². The summed E-state index contributed by atoms with van der Waals surface area (Å²) in [6.07, 6.45) is 3.29. The van der Waals surface area contributed by atoms with Crippen molar-refractivity contribution >= 4 is 55.2 Å². The van der Waals surface area contributed by atoms with Crippen molar-refractivity contribution in [3.05, 3.63) is 39.5 Å². The number of hydrogen-bond acceptors (Lipinski definition) is 5. The van der Waals surface area contributed by atoms with E-state index in [1.165, 1.54) is 11.8 Å². The molecule has 1 amide bonds. The number of nitrogens with zero attached hydrogens (tertiary/aromatic N) is 2. The van der Waals surface area contributed by atoms with E-state index >= 15 is 0 Å². The third-order valence-electron chi connectivity index (χ3n) is 2.39. The molecule has 21 heavy (non-hydrogen) atoms. The minimum Gasteiger partial charge on any atom is -0.497 e. The first kappa shape index (κ1) is 16.3. The summed E-state index contributed by atoms with van der Waals surface area (Å²) in [5, 5.41) is 3.41. The lowest BCUT2D eigenvalue weighted by molar-refractivity contribution is -0.113. The molecular formula is C13H11Br2N3O2S. The van der Waals surface area contributed by atoms with Crippen LogP contribution < -0.4 is 10.1 Å². The number of anilines is 1. The van der Waals surface area contributed by atoms with Gasteiger partial charge in [-0.05, 0) is 50.1 Å². The van der Waals surface area contributed by atoms with Gasteiger partial charge in [0.2, 0.25) is 5.91 Å². The van der Waals surface area contributed by atoms with Crippen LogP contribution in [0.25, 0.3) is 0 Å². The molecule has 0 saturated heterocycles. The number of methoxy groups -OCH3 is 1. The molecule has 1 aromatic heterocycles. The second-order valence-electron chi connectivity index (χ2n) is 3.83. The van der Waals surface area contributed by atoms with E-state index in [1.54, 1.807) is 37.7 Å². The van der Waals surface area contributed by atoms with Crippen LogP contribution in [0.5, 0.6) is 5.75 Å². The van der Waals surface area contributed by atoms with Crippen molar-refractivity contribution in [1.29, 1.82) is 0 Å². The monoisotopic (exact) mass is 431 g/mol. The standard InChI is InChI=1S/C13H11Br2N3O2S/c1-20-8-5-9(14)12(10(15)6-8)18-11(19)7-21-13-16-3-2-4-17-13/h2-6H,7H2,1H3,(H,18,19). The van der Waals surface area contributed by atoms with Crippen LogP contribution in [0.3, 0.4) is 0 Å². The molecule has 0 saturated carbocycles. The summed E-state index contributed by atoms with van der Waals surface area (Å²) in [6.45, 7) is 0. The van der Waals surface area contributed by atoms with E-state index in [0.29, 0.717) is 16.6 Å². The smallest absolute Gasteiger partial charge is 0.234 e. The van der Waals surface area contributed by atoms with Crippen LogP contribution >= 0.6 is 43.6 Å². The maximum Gasteiger partial charge on any atom is 0.234 e. The summed E-state index contributed by atoms with van der Waals surface area (Å²) in [7, 11) is 1.59. The van der Waals surface area contributed by atoms with E-state index < -0.39 is 0 Å². The summed E-state index contributed by atoms with van der Waals surface area (Å²) < 4.78 is 6.63. The Balaban J connectivity index is 2.00. The van der Waals surface area contributed by atoms with Gasteiger partial charge in [-0.15, -0.1) is 0 Å². The Kier molecular flexibility index (Phi) is 6.01. The third-order valence-corrected chi connectivity index (χ3v) is 4.52. The number of thioether (sulfide) groups is 1. The number of halogens is 2. The van der Waals surface area contributed by atoms with Crippen molar-refractivity contribution in [2.75, 3.05) is 18.2 Å². The third kappa shape index (κ3) is 4.69. The van der Waals surface area contributed by atoms with Crippen LogP contribution in [0, 0.1) is 0 Å². The zero-order valence-electron chi connectivity index (χ0n) is 11.0. The Morgan fingerprint density at radius 3 is 2.48 bits per heavy atom. The zero-order chi connectivity index (χ0) is 15.2. The van der Waals surface area contributed by atoms with Crippen molar-refractivity contribution in [1.82, 2.24) is 9.97 Å². The molecule has 0 aliphatic rings. The van der Waals surface area contributed by atoms with Gasteiger partial charge in [0.05, 0.1) is 18.6 Å². The molecular weight excluding hydrogens is 422 g/mol. The highest BCUT2D eigenvalue weighted by Crippen LogP contribution is 2.35. The fourth-order valence-electron chi connectivity index (χ4n) is 1.45. The number of hydrogen-bond donors (Lipinski definition) is 1. The second-order valence-corrected chi connectivity index (χ2v) is 6.49. The van der Waals surface area contributed by atoms with E-state index in [0.717, 1.165) is 8.95 Å². The van der Waals surface area contributed by atoms with Crippen LogP contribution in [0.4, 0.5) is 5.69 Å². The molecule has 0 radical (unpaired) electrons. The van der Waals surface area contributed by atoms with E-state index in [-0.39, 0.29) is 11.7 Å². The van der Waals surface area contributed by atoms with E-state index in [1.807, 2.05) is 0 Å². The van der Waals surface area contributed by atoms with Gasteiger partial charge < -0.3 is 10.1 Å². The molecule has 0 unspecified atom stereocenters. The molecule has 2 aromatic rings. The molecule has 5 nitrogen and oxygen atoms in total. The number of amides is 1. The SMILES string of the molecule is COc1cc(Br)c(NC(=O)CSc2ncccn2)c(Br)c1. The maximum absolute atomic E-state index is 12.0. The average Bonchev–Trinajstić information content (AvgIpc) is 2.49. The lowest BCUT2D eigenvalue weighted by Crippen LogP contribution is -2.15. The number of ether oxygens (including phenoxy) is 1. The van der Waals surface area contributed by atoms with Crippen molar-refractivity contribution in [2.45, 2.75) is 5.16 Å². The van der Waals surface area contributed by atoms with E-state index in [2.05, 4.69) is 47.1 Å². The van der Waals surface area contributed by atoms with Crippen molar-refractivity contribution in [3.8, 4) is 5.75 Å². The normalized spacial score (nSPS) is 10.2. The first-order valence-corrected chi connectivity index (χ1v) is 8.40. The maximum atomic E-state index is 12.0. The van der Waals surface area contributed by atoms with Crippen molar-refractivity contribution in [3.63, 3.8) is 0 Å². The Labute approximate surface area is 143 Å². The predicted molar refractivity (Wildman–Crippen MR) is 89.8 cm³/mol. The predicted octanol–water partition coefficient (Wildman–Crippen LogP) is 3.74. The molecule has 0 spiro atoms. The molecule has 0 bridgehead atoms. The Hall–Kier alpha value is -1.12. The number of aromatic nitrogens is 2. The van der Waals surface area contributed by atoms with Gasteiger partial charge in [-0.3, -0.25) is 4.79 Å². The fourth-order valence-corrected chi connectivity index (χ4v) is 3.40. The van der Waals surface area contributed by atoms with Gasteiger partial charge in [0.1, 0.15) is 5.75 Å². The number of benzene rings is 1. The Bertz CT molecular complexity index is 618. The van der Waals surface area contributed by atoms with Gasteiger partial charge in [0, 0.05) is 21.3 Å². The highest BCUT2D eigenvalue weighted by Gasteiger charge is 2.12. The summed E-state index contributed by atoms with van der Waals surface area (Å²) in [6, 6.07) is 5.30. The van der Waals surface area contributed by atoms with Crippen LogP contribution in [0.15, 0.2) is 44.7 Å². The summed E-state index contributed by atoms with van der Waals surface area (Å²) >= 11 is 8.09. The Morgan fingerprint density at radius 1 is 1.29 bits per heavy atom. The summed E-state index contributed by atoms with van der Waals surface area (Å²) in [4.78, 5) is 20.1. The van der Waals surface area contributed by atoms with Gasteiger partial charge in [0.25, 0.3) is 0 Å². The number of nitrogens with one attached hydrogen (secondary N) is 1. The first-order valence-electron chi connectivity index (χ1n) is 5.83. The van der Waals surface area contributed by atoms with Gasteiger partial charge in [0.15, 0.2) is 5.16 Å². The van der Waals surface area contributed by atoms with Crippen molar-refractivity contribution in [2.24, 2.45) is 0 Å². The molecule has 0 atom stereocenters. The first-order chi connectivity index (χ1) is 10.1. The number of rotatable bonds is 5. The average molecular weight is 433 g/mol. The minimum absolute atomic E-state index is 0.140. The van der Waals surface area contributed by atoms with Gasteiger partial charge >= 0.3 is 0 Å². The summed E-state index contributed by atoms with van der Waals surface area (Å²) in [5.74, 6) is 0.785. The second kappa shape index (κ2) is 7.77. The highest BCUT2D eigenvalue weighted by molar-refractivity contribution is 9.11. The number of carbonyl (C=O) groups excluding carboxylic acids is 1.